The molecule has 0 aliphatic carbocycles. The van der Waals surface area contributed by atoms with Gasteiger partial charge in [0, 0.05) is 0 Å². The quantitative estimate of drug-likeness (QED) is 0.302. The maximum atomic E-state index is 13.2. The van der Waals surface area contributed by atoms with Crippen molar-refractivity contribution >= 4 is 34.0 Å². The number of aromatic nitrogens is 4. The molecule has 29 heavy (non-hydrogen) atoms. The number of para-hydroxylation sites is 2. The highest BCUT2D eigenvalue weighted by molar-refractivity contribution is 7.98. The molecule has 8 heteroatoms. The van der Waals surface area contributed by atoms with Crippen molar-refractivity contribution in [2.75, 3.05) is 0 Å². The lowest BCUT2D eigenvalue weighted by Gasteiger charge is -2.12. The molecule has 0 radical (unpaired) electrons. The summed E-state index contributed by atoms with van der Waals surface area (Å²) in [7, 11) is 0. The van der Waals surface area contributed by atoms with Crippen LogP contribution in [-0.2, 0) is 5.75 Å². The molecule has 0 spiro atoms. The van der Waals surface area contributed by atoms with E-state index in [0.29, 0.717) is 33.5 Å². The molecular weight excluding hydrogens is 404 g/mol. The van der Waals surface area contributed by atoms with E-state index in [0.717, 1.165) is 10.6 Å². The van der Waals surface area contributed by atoms with E-state index in [1.807, 2.05) is 66.0 Å². The van der Waals surface area contributed by atoms with Gasteiger partial charge in [0.05, 0.1) is 27.2 Å². The lowest BCUT2D eigenvalue weighted by Crippen LogP contribution is -2.21. The van der Waals surface area contributed by atoms with Crippen molar-refractivity contribution < 1.29 is 4.52 Å². The van der Waals surface area contributed by atoms with Crippen LogP contribution < -0.4 is 5.56 Å². The first kappa shape index (κ1) is 17.8. The Hall–Kier alpha value is -3.23. The Kier molecular flexibility index (Phi) is 4.71. The van der Waals surface area contributed by atoms with E-state index in [2.05, 4.69) is 10.1 Å². The Bertz CT molecular complexity index is 1330. The van der Waals surface area contributed by atoms with E-state index in [1.165, 1.54) is 11.8 Å². The number of hydrogen-bond donors (Lipinski definition) is 0. The van der Waals surface area contributed by atoms with Gasteiger partial charge in [-0.3, -0.25) is 9.36 Å². The number of thiophene rings is 1. The molecule has 2 aromatic carbocycles. The predicted octanol–water partition coefficient (Wildman–Crippen LogP) is 4.79. The van der Waals surface area contributed by atoms with Crippen LogP contribution in [0.25, 0.3) is 27.3 Å². The molecule has 0 N–H and O–H groups in total. The Balaban J connectivity index is 1.53. The second-order valence-corrected chi connectivity index (χ2v) is 8.06. The van der Waals surface area contributed by atoms with Gasteiger partial charge in [-0.05, 0) is 35.7 Å². The number of fused-ring (bicyclic) bond motifs is 1. The molecule has 0 saturated carbocycles. The molecule has 0 unspecified atom stereocenters. The first-order valence-corrected chi connectivity index (χ1v) is 10.7. The van der Waals surface area contributed by atoms with Crippen LogP contribution in [0.2, 0.25) is 0 Å². The summed E-state index contributed by atoms with van der Waals surface area (Å²) in [5, 5.41) is 7.17. The lowest BCUT2D eigenvalue weighted by molar-refractivity contribution is 0.391. The van der Waals surface area contributed by atoms with Gasteiger partial charge in [0.15, 0.2) is 5.16 Å². The van der Waals surface area contributed by atoms with Gasteiger partial charge in [-0.25, -0.2) is 4.98 Å². The normalized spacial score (nSPS) is 11.2. The smallest absolute Gasteiger partial charge is 0.266 e. The van der Waals surface area contributed by atoms with Crippen LogP contribution in [0.5, 0.6) is 0 Å². The van der Waals surface area contributed by atoms with E-state index < -0.39 is 0 Å². The van der Waals surface area contributed by atoms with Crippen molar-refractivity contribution in [1.29, 1.82) is 0 Å². The molecule has 0 atom stereocenters. The van der Waals surface area contributed by atoms with Crippen molar-refractivity contribution in [2.24, 2.45) is 0 Å². The Morgan fingerprint density at radius 2 is 1.79 bits per heavy atom. The average molecular weight is 419 g/mol. The van der Waals surface area contributed by atoms with Gasteiger partial charge in [0.1, 0.15) is 0 Å². The summed E-state index contributed by atoms with van der Waals surface area (Å²) in [6, 6.07) is 20.8. The second-order valence-electron chi connectivity index (χ2n) is 6.17. The van der Waals surface area contributed by atoms with Gasteiger partial charge in [0.2, 0.25) is 11.7 Å². The highest BCUT2D eigenvalue weighted by atomic mass is 32.2. The Morgan fingerprint density at radius 3 is 2.62 bits per heavy atom. The number of rotatable bonds is 5. The molecule has 0 saturated heterocycles. The summed E-state index contributed by atoms with van der Waals surface area (Å²) >= 11 is 2.95. The van der Waals surface area contributed by atoms with Crippen LogP contribution in [0, 0.1) is 0 Å². The minimum absolute atomic E-state index is 0.103. The number of benzene rings is 2. The van der Waals surface area contributed by atoms with Gasteiger partial charge < -0.3 is 4.52 Å². The third kappa shape index (κ3) is 3.48. The third-order valence-electron chi connectivity index (χ3n) is 4.29. The van der Waals surface area contributed by atoms with Crippen molar-refractivity contribution in [3.63, 3.8) is 0 Å². The highest BCUT2D eigenvalue weighted by Gasteiger charge is 2.15. The molecule has 0 aliphatic heterocycles. The van der Waals surface area contributed by atoms with Crippen molar-refractivity contribution in [3.05, 3.63) is 88.4 Å². The molecule has 5 rings (SSSR count). The van der Waals surface area contributed by atoms with Crippen LogP contribution in [0.1, 0.15) is 5.89 Å². The molecule has 142 valence electrons. The second kappa shape index (κ2) is 7.65. The fourth-order valence-electron chi connectivity index (χ4n) is 2.96. The van der Waals surface area contributed by atoms with Gasteiger partial charge in [0.25, 0.3) is 5.56 Å². The minimum Gasteiger partial charge on any atom is -0.338 e. The van der Waals surface area contributed by atoms with Crippen molar-refractivity contribution in [1.82, 2.24) is 19.7 Å². The molecule has 0 aliphatic rings. The first-order valence-electron chi connectivity index (χ1n) is 8.86. The minimum atomic E-state index is -0.103. The lowest BCUT2D eigenvalue weighted by atomic mass is 10.2. The van der Waals surface area contributed by atoms with Crippen LogP contribution in [0.3, 0.4) is 0 Å². The predicted molar refractivity (Wildman–Crippen MR) is 115 cm³/mol. The maximum absolute atomic E-state index is 13.2. The van der Waals surface area contributed by atoms with E-state index in [1.54, 1.807) is 22.0 Å². The van der Waals surface area contributed by atoms with E-state index in [4.69, 9.17) is 9.51 Å². The topological polar surface area (TPSA) is 73.8 Å². The Morgan fingerprint density at radius 1 is 0.966 bits per heavy atom. The molecule has 3 aromatic heterocycles. The van der Waals surface area contributed by atoms with Gasteiger partial charge in [-0.15, -0.1) is 11.3 Å². The molecule has 0 fully saturated rings. The van der Waals surface area contributed by atoms with E-state index in [9.17, 15) is 4.79 Å². The average Bonchev–Trinajstić information content (AvgIpc) is 3.45. The summed E-state index contributed by atoms with van der Waals surface area (Å²) < 4.78 is 7.01. The van der Waals surface area contributed by atoms with Gasteiger partial charge in [-0.1, -0.05) is 53.3 Å². The highest BCUT2D eigenvalue weighted by Crippen LogP contribution is 2.26. The van der Waals surface area contributed by atoms with Crippen molar-refractivity contribution in [3.8, 4) is 16.4 Å². The van der Waals surface area contributed by atoms with Gasteiger partial charge in [-0.2, -0.15) is 4.98 Å². The fraction of sp³-hybridized carbons (Fsp3) is 0.0476. The summed E-state index contributed by atoms with van der Waals surface area (Å²) in [4.78, 5) is 23.3. The third-order valence-corrected chi connectivity index (χ3v) is 6.08. The monoisotopic (exact) mass is 418 g/mol. The zero-order valence-corrected chi connectivity index (χ0v) is 16.7. The number of nitrogens with zero attached hydrogens (tertiary/aromatic N) is 4. The largest absolute Gasteiger partial charge is 0.338 e. The van der Waals surface area contributed by atoms with Crippen LogP contribution in [-0.4, -0.2) is 19.7 Å². The fourth-order valence-corrected chi connectivity index (χ4v) is 4.46. The zero-order chi connectivity index (χ0) is 19.6. The molecule has 0 amide bonds. The van der Waals surface area contributed by atoms with E-state index >= 15 is 0 Å². The Labute approximate surface area is 173 Å². The molecule has 6 nitrogen and oxygen atoms in total. The standard InChI is InChI=1S/C21H14N4O2S2/c26-20-15-9-4-5-10-16(15)22-21(25(20)14-7-2-1-3-8-14)29-13-18-23-19(24-27-18)17-11-6-12-28-17/h1-12H,13H2. The zero-order valence-electron chi connectivity index (χ0n) is 15.1. The summed E-state index contributed by atoms with van der Waals surface area (Å²) in [6.45, 7) is 0. The molecular formula is C21H14N4O2S2. The maximum Gasteiger partial charge on any atom is 0.266 e. The van der Waals surface area contributed by atoms with Gasteiger partial charge >= 0.3 is 0 Å². The molecule has 3 heterocycles. The molecule has 0 bridgehead atoms. The number of thioether (sulfide) groups is 1. The first-order chi connectivity index (χ1) is 14.3. The van der Waals surface area contributed by atoms with Crippen LogP contribution in [0.4, 0.5) is 0 Å². The van der Waals surface area contributed by atoms with Crippen molar-refractivity contribution in [2.45, 2.75) is 10.9 Å². The van der Waals surface area contributed by atoms with Crippen LogP contribution >= 0.6 is 23.1 Å². The molecule has 5 aromatic rings. The summed E-state index contributed by atoms with van der Waals surface area (Å²) in [6.07, 6.45) is 0. The summed E-state index contributed by atoms with van der Waals surface area (Å²) in [5.41, 5.74) is 1.33. The summed E-state index contributed by atoms with van der Waals surface area (Å²) in [5.74, 6) is 1.47. The van der Waals surface area contributed by atoms with E-state index in [-0.39, 0.29) is 5.56 Å². The van der Waals surface area contributed by atoms with Crippen LogP contribution in [0.15, 0.2) is 86.6 Å². The SMILES string of the molecule is O=c1c2ccccc2nc(SCc2nc(-c3cccs3)no2)n1-c1ccccc1. The number of hydrogen-bond acceptors (Lipinski definition) is 7.